The minimum atomic E-state index is -4.37. The summed E-state index contributed by atoms with van der Waals surface area (Å²) in [6.45, 7) is 3.29. The molecule has 0 saturated carbocycles. The minimum absolute atomic E-state index is 0.00269. The van der Waals surface area contributed by atoms with Gasteiger partial charge in [-0.15, -0.1) is 0 Å². The summed E-state index contributed by atoms with van der Waals surface area (Å²) in [6, 6.07) is 13.6. The van der Waals surface area contributed by atoms with E-state index < -0.39 is 17.3 Å². The summed E-state index contributed by atoms with van der Waals surface area (Å²) in [5.41, 5.74) is 7.31. The Morgan fingerprint density at radius 3 is 2.21 bits per heavy atom. The molecule has 3 rings (SSSR count). The van der Waals surface area contributed by atoms with Gasteiger partial charge in [-0.25, -0.2) is 0 Å². The molecule has 0 bridgehead atoms. The summed E-state index contributed by atoms with van der Waals surface area (Å²) in [5.74, 6) is -0.00269. The fourth-order valence-electron chi connectivity index (χ4n) is 3.82. The van der Waals surface area contributed by atoms with E-state index in [2.05, 4.69) is 6.92 Å². The molecule has 0 amide bonds. The van der Waals surface area contributed by atoms with Crippen molar-refractivity contribution in [3.8, 4) is 0 Å². The number of alkyl halides is 3. The number of benzene rings is 2. The Morgan fingerprint density at radius 1 is 1.03 bits per heavy atom. The van der Waals surface area contributed by atoms with Crippen molar-refractivity contribution in [2.75, 3.05) is 13.1 Å². The monoisotopic (exact) mass is 404 g/mol. The number of hydrogen-bond donors (Lipinski definition) is 1. The van der Waals surface area contributed by atoms with Crippen LogP contribution in [0.5, 0.6) is 0 Å². The first-order valence-corrected chi connectivity index (χ1v) is 9.99. The van der Waals surface area contributed by atoms with E-state index in [1.165, 1.54) is 17.7 Å². The van der Waals surface area contributed by atoms with Gasteiger partial charge in [0.15, 0.2) is 5.78 Å². The number of halogens is 3. The average Bonchev–Trinajstić information content (AvgIpc) is 2.70. The van der Waals surface area contributed by atoms with Gasteiger partial charge in [0.2, 0.25) is 0 Å². The highest BCUT2D eigenvalue weighted by atomic mass is 19.4. The van der Waals surface area contributed by atoms with E-state index in [0.717, 1.165) is 18.1 Å². The number of rotatable bonds is 6. The number of piperidine rings is 1. The Hall–Kier alpha value is -2.18. The first kappa shape index (κ1) is 21.5. The maximum absolute atomic E-state index is 13.2. The van der Waals surface area contributed by atoms with Crippen LogP contribution in [-0.2, 0) is 30.4 Å². The maximum atomic E-state index is 13.2. The Kier molecular flexibility index (Phi) is 6.44. The Balaban J connectivity index is 1.60. The highest BCUT2D eigenvalue weighted by molar-refractivity contribution is 5.90. The maximum Gasteiger partial charge on any atom is 0.416 e. The van der Waals surface area contributed by atoms with E-state index in [1.54, 1.807) is 6.07 Å². The van der Waals surface area contributed by atoms with Crippen molar-refractivity contribution >= 4 is 5.78 Å². The quantitative estimate of drug-likeness (QED) is 0.778. The van der Waals surface area contributed by atoms with E-state index in [4.69, 9.17) is 5.73 Å². The van der Waals surface area contributed by atoms with Gasteiger partial charge in [-0.2, -0.15) is 13.2 Å². The molecule has 2 N–H and O–H groups in total. The number of nitrogens with zero attached hydrogens (tertiary/aromatic N) is 1. The zero-order chi connectivity index (χ0) is 21.1. The number of carbonyl (C=O) groups excluding carboxylic acids is 1. The lowest BCUT2D eigenvalue weighted by Gasteiger charge is -2.38. The van der Waals surface area contributed by atoms with Gasteiger partial charge in [0, 0.05) is 26.1 Å². The first-order chi connectivity index (χ1) is 13.7. The molecule has 1 fully saturated rings. The van der Waals surface area contributed by atoms with Crippen LogP contribution in [0.2, 0.25) is 0 Å². The van der Waals surface area contributed by atoms with E-state index in [9.17, 15) is 18.0 Å². The minimum Gasteiger partial charge on any atom is -0.319 e. The van der Waals surface area contributed by atoms with Gasteiger partial charge in [-0.1, -0.05) is 49.4 Å². The number of aryl methyl sites for hydroxylation is 1. The molecule has 2 aromatic carbocycles. The molecular formula is C23H27F3N2O. The van der Waals surface area contributed by atoms with Crippen molar-refractivity contribution in [1.29, 1.82) is 0 Å². The van der Waals surface area contributed by atoms with Crippen molar-refractivity contribution in [3.63, 3.8) is 0 Å². The summed E-state index contributed by atoms with van der Waals surface area (Å²) >= 11 is 0. The normalized spacial score (nSPS) is 17.3. The highest BCUT2D eigenvalue weighted by Crippen LogP contribution is 2.33. The summed E-state index contributed by atoms with van der Waals surface area (Å²) in [6.07, 6.45) is -2.23. The van der Waals surface area contributed by atoms with Crippen LogP contribution in [0, 0.1) is 0 Å². The predicted octanol–water partition coefficient (Wildman–Crippen LogP) is 4.37. The molecule has 1 saturated heterocycles. The molecule has 2 aromatic rings. The largest absolute Gasteiger partial charge is 0.416 e. The second-order valence-corrected chi connectivity index (χ2v) is 7.86. The van der Waals surface area contributed by atoms with Crippen molar-refractivity contribution in [1.82, 2.24) is 4.90 Å². The number of ketones is 1. The molecule has 3 nitrogen and oxygen atoms in total. The van der Waals surface area contributed by atoms with Gasteiger partial charge in [0.1, 0.15) is 0 Å². The van der Waals surface area contributed by atoms with Gasteiger partial charge in [-0.3, -0.25) is 9.69 Å². The molecule has 0 radical (unpaired) electrons. The smallest absolute Gasteiger partial charge is 0.319 e. The fraction of sp³-hybridized carbons (Fsp3) is 0.435. The highest BCUT2D eigenvalue weighted by Gasteiger charge is 2.38. The van der Waals surface area contributed by atoms with Gasteiger partial charge in [-0.05, 0) is 42.0 Å². The van der Waals surface area contributed by atoms with Crippen LogP contribution in [0.1, 0.15) is 42.0 Å². The van der Waals surface area contributed by atoms with Crippen LogP contribution in [0.25, 0.3) is 0 Å². The lowest BCUT2D eigenvalue weighted by atomic mass is 9.82. The van der Waals surface area contributed by atoms with Crippen LogP contribution in [0.15, 0.2) is 48.5 Å². The molecule has 1 aliphatic rings. The first-order valence-electron chi connectivity index (χ1n) is 9.99. The third-order valence-corrected chi connectivity index (χ3v) is 5.82. The van der Waals surface area contributed by atoms with Gasteiger partial charge in [0.25, 0.3) is 0 Å². The summed E-state index contributed by atoms with van der Waals surface area (Å²) in [7, 11) is 0. The molecular weight excluding hydrogens is 377 g/mol. The number of nitrogens with two attached hydrogens (primary N) is 1. The topological polar surface area (TPSA) is 46.3 Å². The Bertz CT molecular complexity index is 838. The van der Waals surface area contributed by atoms with E-state index in [-0.39, 0.29) is 24.3 Å². The number of carbonyl (C=O) groups is 1. The predicted molar refractivity (Wildman–Crippen MR) is 107 cm³/mol. The number of Topliss-reactive ketones (excluding diaryl/α,β-unsaturated/α-hetero) is 1. The third-order valence-electron chi connectivity index (χ3n) is 5.82. The van der Waals surface area contributed by atoms with Crippen molar-refractivity contribution < 1.29 is 18.0 Å². The summed E-state index contributed by atoms with van der Waals surface area (Å²) in [5, 5.41) is 0. The van der Waals surface area contributed by atoms with Crippen molar-refractivity contribution in [2.24, 2.45) is 5.73 Å². The fourth-order valence-corrected chi connectivity index (χ4v) is 3.82. The molecule has 29 heavy (non-hydrogen) atoms. The number of hydrogen-bond acceptors (Lipinski definition) is 3. The van der Waals surface area contributed by atoms with E-state index in [1.807, 2.05) is 29.2 Å². The van der Waals surface area contributed by atoms with Crippen LogP contribution in [-0.4, -0.2) is 29.3 Å². The Morgan fingerprint density at radius 2 is 1.62 bits per heavy atom. The molecule has 1 heterocycles. The molecule has 0 aromatic heterocycles. The Labute approximate surface area is 169 Å². The molecule has 156 valence electrons. The van der Waals surface area contributed by atoms with Crippen LogP contribution < -0.4 is 5.73 Å². The molecule has 0 aliphatic carbocycles. The molecule has 6 heteroatoms. The second-order valence-electron chi connectivity index (χ2n) is 7.86. The van der Waals surface area contributed by atoms with Crippen molar-refractivity contribution in [2.45, 2.75) is 50.9 Å². The van der Waals surface area contributed by atoms with Gasteiger partial charge < -0.3 is 5.73 Å². The number of likely N-dealkylation sites (tertiary alicyclic amines) is 1. The van der Waals surface area contributed by atoms with Gasteiger partial charge in [0.05, 0.1) is 11.1 Å². The van der Waals surface area contributed by atoms with Crippen molar-refractivity contribution in [3.05, 3.63) is 70.8 Å². The molecule has 0 unspecified atom stereocenters. The van der Waals surface area contributed by atoms with Gasteiger partial charge >= 0.3 is 6.18 Å². The van der Waals surface area contributed by atoms with Crippen LogP contribution in [0.4, 0.5) is 13.2 Å². The standard InChI is InChI=1S/C23H27F3N2O/c1-2-17-7-9-18(10-8-17)15-21(29)22(27)11-13-28(14-12-22)16-19-5-3-4-6-20(19)23(24,25)26/h3-10H,2,11-16,27H2,1H3. The lowest BCUT2D eigenvalue weighted by Crippen LogP contribution is -2.56. The third kappa shape index (κ3) is 5.25. The molecule has 0 atom stereocenters. The SMILES string of the molecule is CCc1ccc(CC(=O)C2(N)CCN(Cc3ccccc3C(F)(F)F)CC2)cc1. The van der Waals surface area contributed by atoms with E-state index >= 15 is 0 Å². The molecule has 0 spiro atoms. The van der Waals surface area contributed by atoms with Crippen LogP contribution >= 0.6 is 0 Å². The summed E-state index contributed by atoms with van der Waals surface area (Å²) < 4.78 is 39.6. The molecule has 1 aliphatic heterocycles. The zero-order valence-corrected chi connectivity index (χ0v) is 16.6. The van der Waals surface area contributed by atoms with E-state index in [0.29, 0.717) is 25.9 Å². The second kappa shape index (κ2) is 8.67. The zero-order valence-electron chi connectivity index (χ0n) is 16.6. The summed E-state index contributed by atoms with van der Waals surface area (Å²) in [4.78, 5) is 14.7. The lowest BCUT2D eigenvalue weighted by molar-refractivity contribution is -0.138. The average molecular weight is 404 g/mol. The van der Waals surface area contributed by atoms with Crippen LogP contribution in [0.3, 0.4) is 0 Å².